The Hall–Kier alpha value is -2.31. The molecule has 4 aromatic carbocycles. The Kier molecular flexibility index (Phi) is 19.9. The minimum absolute atomic E-state index is 0. The molecule has 0 nitrogen and oxygen atoms in total. The first-order valence-electron chi connectivity index (χ1n) is 15.8. The number of benzene rings is 4. The van der Waals surface area contributed by atoms with Crippen molar-refractivity contribution in [2.24, 2.45) is 11.3 Å². The van der Waals surface area contributed by atoms with Gasteiger partial charge in [-0.15, -0.1) is 30.4 Å². The molecule has 3 heteroatoms. The zero-order valence-electron chi connectivity index (χ0n) is 30.1. The van der Waals surface area contributed by atoms with Crippen molar-refractivity contribution in [3.63, 3.8) is 0 Å². The van der Waals surface area contributed by atoms with E-state index in [0.29, 0.717) is 11.3 Å². The second kappa shape index (κ2) is 20.9. The number of allylic oxidation sites excluding steroid dienone is 4. The Labute approximate surface area is 315 Å². The SMILES string of the molecule is CC(C)(C)c1c[c-]c2c(c1)-c1cc(C(C)(C)C)ccc1C2.CC1[C-]=CC(C(C)(C)C)=C1.Cl.Cl.[CH2]=[Zr].[c-]1ccccc1.[c-]1ccccc1. The number of halogens is 2. The molecule has 1 unspecified atom stereocenters. The fourth-order valence-corrected chi connectivity index (χ4v) is 4.72. The number of hydrogen-bond acceptors (Lipinski definition) is 0. The van der Waals surface area contributed by atoms with Crippen molar-refractivity contribution in [2.45, 2.75) is 86.5 Å². The van der Waals surface area contributed by atoms with Crippen molar-refractivity contribution >= 4 is 29.0 Å². The second-order valence-electron chi connectivity index (χ2n) is 14.5. The summed E-state index contributed by atoms with van der Waals surface area (Å²) in [6.07, 6.45) is 8.68. The molecule has 252 valence electrons. The maximum Gasteiger partial charge on any atom is -0.171 e. The van der Waals surface area contributed by atoms with Gasteiger partial charge in [0.15, 0.2) is 0 Å². The Balaban J connectivity index is 0.000000676. The average Bonchev–Trinajstić information content (AvgIpc) is 3.63. The molecular weight excluding hydrogens is 691 g/mol. The molecule has 0 radical (unpaired) electrons. The minimum Gasteiger partial charge on any atom is -0.184 e. The van der Waals surface area contributed by atoms with Gasteiger partial charge in [-0.2, -0.15) is 114 Å². The van der Waals surface area contributed by atoms with Gasteiger partial charge in [-0.25, -0.2) is 6.08 Å². The largest absolute Gasteiger partial charge is 0.184 e. The molecule has 2 aliphatic rings. The molecule has 0 amide bonds. The van der Waals surface area contributed by atoms with Crippen LogP contribution in [0.25, 0.3) is 11.1 Å². The number of rotatable bonds is 0. The van der Waals surface area contributed by atoms with Crippen molar-refractivity contribution in [2.75, 3.05) is 0 Å². The van der Waals surface area contributed by atoms with E-state index in [9.17, 15) is 0 Å². The fraction of sp³-hybridized carbons (Fsp3) is 0.341. The molecule has 1 atom stereocenters. The number of hydrogen-bond donors (Lipinski definition) is 0. The van der Waals surface area contributed by atoms with Crippen molar-refractivity contribution in [1.29, 1.82) is 0 Å². The molecule has 47 heavy (non-hydrogen) atoms. The predicted octanol–water partition coefficient (Wildman–Crippen LogP) is 12.4. The monoisotopic (exact) mass is 742 g/mol. The van der Waals surface area contributed by atoms with Gasteiger partial charge in [-0.1, -0.05) is 115 Å². The van der Waals surface area contributed by atoms with Gasteiger partial charge in [0.1, 0.15) is 0 Å². The quantitative estimate of drug-likeness (QED) is 0.139. The van der Waals surface area contributed by atoms with E-state index >= 15 is 0 Å². The van der Waals surface area contributed by atoms with E-state index in [1.54, 1.807) is 0 Å². The van der Waals surface area contributed by atoms with Crippen LogP contribution in [0.2, 0.25) is 0 Å². The molecule has 6 rings (SSSR count). The van der Waals surface area contributed by atoms with Gasteiger partial charge >= 0.3 is 28.4 Å². The van der Waals surface area contributed by atoms with Crippen LogP contribution in [0.15, 0.2) is 109 Å². The van der Waals surface area contributed by atoms with Gasteiger partial charge in [0.2, 0.25) is 0 Å². The maximum atomic E-state index is 3.53. The van der Waals surface area contributed by atoms with Gasteiger partial charge in [-0.05, 0) is 17.4 Å². The fourth-order valence-electron chi connectivity index (χ4n) is 4.72. The van der Waals surface area contributed by atoms with Gasteiger partial charge in [-0.3, -0.25) is 6.08 Å². The summed E-state index contributed by atoms with van der Waals surface area (Å²) >= 11 is 1.30. The smallest absolute Gasteiger partial charge is 0.171 e. The molecule has 0 fully saturated rings. The number of fused-ring (bicyclic) bond motifs is 3. The zero-order chi connectivity index (χ0) is 33.7. The van der Waals surface area contributed by atoms with E-state index in [4.69, 9.17) is 0 Å². The Morgan fingerprint density at radius 2 is 1.15 bits per heavy atom. The van der Waals surface area contributed by atoms with Crippen LogP contribution in [0, 0.1) is 35.6 Å². The normalized spacial score (nSPS) is 13.7. The molecule has 0 aliphatic heterocycles. The van der Waals surface area contributed by atoms with E-state index in [-0.39, 0.29) is 35.6 Å². The van der Waals surface area contributed by atoms with E-state index in [0.717, 1.165) is 6.42 Å². The summed E-state index contributed by atoms with van der Waals surface area (Å²) in [5.41, 5.74) is 10.5. The first-order valence-corrected chi connectivity index (χ1v) is 17.6. The molecule has 0 N–H and O–H groups in total. The third-order valence-electron chi connectivity index (χ3n) is 7.54. The molecule has 0 heterocycles. The zero-order valence-corrected chi connectivity index (χ0v) is 34.2. The molecule has 0 spiro atoms. The molecule has 4 aromatic rings. The van der Waals surface area contributed by atoms with Crippen LogP contribution in [0.5, 0.6) is 0 Å². The molecule has 0 bridgehead atoms. The van der Waals surface area contributed by atoms with E-state index in [1.165, 1.54) is 63.2 Å². The van der Waals surface area contributed by atoms with E-state index in [2.05, 4.69) is 140 Å². The molecule has 0 saturated carbocycles. The molecule has 0 saturated heterocycles. The summed E-state index contributed by atoms with van der Waals surface area (Å²) in [6.45, 7) is 22.5. The van der Waals surface area contributed by atoms with Crippen molar-refractivity contribution in [1.82, 2.24) is 0 Å². The van der Waals surface area contributed by atoms with Crippen LogP contribution in [-0.2, 0) is 41.5 Å². The van der Waals surface area contributed by atoms with Crippen molar-refractivity contribution in [3.8, 4) is 11.1 Å². The first kappa shape index (κ1) is 44.7. The summed E-state index contributed by atoms with van der Waals surface area (Å²) in [5, 5.41) is 0. The summed E-state index contributed by atoms with van der Waals surface area (Å²) in [4.78, 5) is 0. The van der Waals surface area contributed by atoms with Gasteiger partial charge in [0.05, 0.1) is 0 Å². The van der Waals surface area contributed by atoms with Crippen molar-refractivity contribution in [3.05, 3.63) is 155 Å². The Morgan fingerprint density at radius 3 is 1.49 bits per heavy atom. The van der Waals surface area contributed by atoms with Crippen LogP contribution in [0.3, 0.4) is 0 Å². The van der Waals surface area contributed by atoms with Crippen LogP contribution in [0.1, 0.15) is 91.5 Å². The van der Waals surface area contributed by atoms with E-state index < -0.39 is 0 Å². The van der Waals surface area contributed by atoms with Gasteiger partial charge in [0.25, 0.3) is 0 Å². The van der Waals surface area contributed by atoms with Crippen LogP contribution in [-0.4, -0.2) is 4.21 Å². The molecule has 0 aromatic heterocycles. The van der Waals surface area contributed by atoms with Gasteiger partial charge < -0.3 is 0 Å². The second-order valence-corrected chi connectivity index (χ2v) is 14.5. The van der Waals surface area contributed by atoms with Crippen LogP contribution < -0.4 is 0 Å². The molecule has 2 aliphatic carbocycles. The summed E-state index contributed by atoms with van der Waals surface area (Å²) in [5.74, 6) is 0.522. The summed E-state index contributed by atoms with van der Waals surface area (Å²) < 4.78 is 3.34. The van der Waals surface area contributed by atoms with Crippen LogP contribution in [0.4, 0.5) is 0 Å². The topological polar surface area (TPSA) is 0 Å². The third-order valence-corrected chi connectivity index (χ3v) is 7.54. The predicted molar refractivity (Wildman–Crippen MR) is 208 cm³/mol. The Bertz CT molecular complexity index is 1350. The van der Waals surface area contributed by atoms with Crippen LogP contribution >= 0.6 is 24.8 Å². The summed E-state index contributed by atoms with van der Waals surface area (Å²) in [6, 6.07) is 40.1. The first-order chi connectivity index (χ1) is 21.2. The van der Waals surface area contributed by atoms with Gasteiger partial charge in [0, 0.05) is 0 Å². The minimum atomic E-state index is 0. The van der Waals surface area contributed by atoms with E-state index in [1.807, 2.05) is 60.7 Å². The standard InChI is InChI=1S/C21H25.C10H15.2C6H5.CH2.2ClH.Zr/c1-20(2,3)16-9-7-14-11-15-8-10-17(21(4,5)6)13-19(15)18(14)12-16;1-8-5-6-9(7-8)10(2,3)4;2*1-2-4-6-5-3-1;;;;/h7,9-10,12-13H,11H2,1-6H3;6-8H,1-4H3;2*1-5H;1H2;2*1H;/q4*-1;;;;. The molecular formula is C44H54Cl2Zr-4. The third kappa shape index (κ3) is 15.2. The maximum absolute atomic E-state index is 3.53. The Morgan fingerprint density at radius 1 is 0.660 bits per heavy atom. The summed E-state index contributed by atoms with van der Waals surface area (Å²) in [7, 11) is 0. The van der Waals surface area contributed by atoms with Crippen molar-refractivity contribution < 1.29 is 24.2 Å². The average molecular weight is 745 g/mol.